The van der Waals surface area contributed by atoms with Gasteiger partial charge in [-0.1, -0.05) is 43.7 Å². The van der Waals surface area contributed by atoms with Crippen molar-refractivity contribution < 1.29 is 14.3 Å². The summed E-state index contributed by atoms with van der Waals surface area (Å²) in [5.74, 6) is 2.13. The number of rotatable bonds is 8. The molecule has 2 aromatic carbocycles. The molecule has 2 aromatic rings. The zero-order valence-corrected chi connectivity index (χ0v) is 24.6. The predicted octanol–water partition coefficient (Wildman–Crippen LogP) is 7.19. The Kier molecular flexibility index (Phi) is 6.58. The molecule has 4 aliphatic carbocycles. The molecule has 6 nitrogen and oxygen atoms in total. The number of methoxy groups -OCH3 is 1. The third-order valence-corrected chi connectivity index (χ3v) is 11.1. The molecular weight excluding hydrogens is 522 g/mol. The fourth-order valence-corrected chi connectivity index (χ4v) is 9.75. The van der Waals surface area contributed by atoms with Gasteiger partial charge in [0.05, 0.1) is 25.7 Å². The molecule has 1 saturated heterocycles. The van der Waals surface area contributed by atoms with Crippen molar-refractivity contribution in [2.24, 2.45) is 29.1 Å². The number of unbranched alkanes of at least 4 members (excludes halogenated alkanes) is 1. The maximum atomic E-state index is 15.3. The van der Waals surface area contributed by atoms with Gasteiger partial charge in [-0.15, -0.1) is 0 Å². The summed E-state index contributed by atoms with van der Waals surface area (Å²) in [6.07, 6.45) is 12.4. The van der Waals surface area contributed by atoms with Gasteiger partial charge >= 0.3 is 0 Å². The first-order chi connectivity index (χ1) is 20.5. The number of Topliss-reactive ketones (excluding diaryl/α,β-unsaturated/α-hetero) is 1. The van der Waals surface area contributed by atoms with Crippen molar-refractivity contribution in [2.75, 3.05) is 13.7 Å². The third kappa shape index (κ3) is 3.91. The number of carbonyl (C=O) groups excluding carboxylic acids is 1. The van der Waals surface area contributed by atoms with Gasteiger partial charge < -0.3 is 14.4 Å². The number of hydrogen-bond acceptors (Lipinski definition) is 6. The van der Waals surface area contributed by atoms with Gasteiger partial charge in [0.15, 0.2) is 11.5 Å². The smallest absolute Gasteiger partial charge is 0.222 e. The van der Waals surface area contributed by atoms with Crippen molar-refractivity contribution in [3.8, 4) is 23.6 Å². The number of nitrogens with zero attached hydrogens (tertiary/aromatic N) is 3. The molecule has 0 amide bonds. The molecule has 0 unspecified atom stereocenters. The molecule has 216 valence electrons. The fourth-order valence-electron chi connectivity index (χ4n) is 9.75. The number of hydrogen-bond donors (Lipinski definition) is 0. The Hall–Kier alpha value is -3.77. The average Bonchev–Trinajstić information content (AvgIpc) is 3.31. The van der Waals surface area contributed by atoms with Gasteiger partial charge in [0.25, 0.3) is 0 Å². The van der Waals surface area contributed by atoms with Crippen LogP contribution in [0, 0.1) is 51.7 Å². The molecule has 2 aliphatic heterocycles. The molecule has 2 heterocycles. The second kappa shape index (κ2) is 10.2. The normalized spacial score (nSPS) is 32.9. The van der Waals surface area contributed by atoms with E-state index >= 15 is 4.79 Å². The molecule has 4 saturated carbocycles. The number of carbonyl (C=O) groups is 1. The van der Waals surface area contributed by atoms with Crippen LogP contribution < -0.4 is 9.47 Å². The molecule has 0 radical (unpaired) electrons. The second-order valence-electron chi connectivity index (χ2n) is 13.5. The Balaban J connectivity index is 1.39. The molecule has 6 heteroatoms. The van der Waals surface area contributed by atoms with Crippen LogP contribution in [0.1, 0.15) is 86.9 Å². The van der Waals surface area contributed by atoms with E-state index in [0.717, 1.165) is 48.8 Å². The number of benzene rings is 2. The van der Waals surface area contributed by atoms with Crippen molar-refractivity contribution in [1.82, 2.24) is 4.90 Å². The highest BCUT2D eigenvalue weighted by atomic mass is 16.5. The monoisotopic (exact) mass is 561 g/mol. The van der Waals surface area contributed by atoms with Crippen LogP contribution in [-0.2, 0) is 4.79 Å². The van der Waals surface area contributed by atoms with Gasteiger partial charge in [0.1, 0.15) is 17.9 Å². The van der Waals surface area contributed by atoms with E-state index < -0.39 is 17.4 Å². The number of nitriles is 2. The summed E-state index contributed by atoms with van der Waals surface area (Å²) in [6, 6.07) is 18.4. The van der Waals surface area contributed by atoms with Gasteiger partial charge in [0, 0.05) is 17.5 Å². The lowest BCUT2D eigenvalue weighted by Gasteiger charge is -2.57. The van der Waals surface area contributed by atoms with E-state index in [-0.39, 0.29) is 17.2 Å². The van der Waals surface area contributed by atoms with Crippen molar-refractivity contribution >= 4 is 11.9 Å². The predicted molar refractivity (Wildman–Crippen MR) is 159 cm³/mol. The van der Waals surface area contributed by atoms with Crippen molar-refractivity contribution in [3.05, 3.63) is 65.4 Å². The SMILES string of the molecule is CCCCOc1ccc([C@@H]2[C@@H](C(=O)C34CC5CC(CC(C5)C3)C4)[C@H]3c4ccccc4C=CN3C2(C#N)C#N)cc1OC. The summed E-state index contributed by atoms with van der Waals surface area (Å²) >= 11 is 0. The third-order valence-electron chi connectivity index (χ3n) is 11.1. The molecule has 0 spiro atoms. The topological polar surface area (TPSA) is 86.4 Å². The molecule has 4 bridgehead atoms. The zero-order valence-electron chi connectivity index (χ0n) is 24.6. The van der Waals surface area contributed by atoms with Crippen LogP contribution in [0.4, 0.5) is 0 Å². The van der Waals surface area contributed by atoms with Gasteiger partial charge in [-0.2, -0.15) is 10.5 Å². The zero-order chi connectivity index (χ0) is 29.1. The van der Waals surface area contributed by atoms with Crippen molar-refractivity contribution in [3.63, 3.8) is 0 Å². The van der Waals surface area contributed by atoms with Crippen LogP contribution in [0.5, 0.6) is 11.5 Å². The second-order valence-corrected chi connectivity index (χ2v) is 13.5. The Bertz CT molecular complexity index is 1460. The fraction of sp³-hybridized carbons (Fsp3) is 0.528. The maximum absolute atomic E-state index is 15.3. The Morgan fingerprint density at radius 1 is 1.00 bits per heavy atom. The molecule has 42 heavy (non-hydrogen) atoms. The summed E-state index contributed by atoms with van der Waals surface area (Å²) in [6.45, 7) is 2.70. The minimum Gasteiger partial charge on any atom is -0.493 e. The number of ketones is 1. The Morgan fingerprint density at radius 2 is 1.69 bits per heavy atom. The van der Waals surface area contributed by atoms with E-state index in [9.17, 15) is 10.5 Å². The highest BCUT2D eigenvalue weighted by molar-refractivity contribution is 5.91. The number of ether oxygens (including phenoxy) is 2. The van der Waals surface area contributed by atoms with E-state index in [2.05, 4.69) is 31.2 Å². The van der Waals surface area contributed by atoms with Crippen molar-refractivity contribution in [1.29, 1.82) is 10.5 Å². The van der Waals surface area contributed by atoms with Crippen LogP contribution in [0.2, 0.25) is 0 Å². The van der Waals surface area contributed by atoms with E-state index in [0.29, 0.717) is 35.9 Å². The van der Waals surface area contributed by atoms with Crippen LogP contribution in [-0.4, -0.2) is 29.9 Å². The molecule has 0 aromatic heterocycles. The molecule has 6 aliphatic rings. The van der Waals surface area contributed by atoms with E-state index in [1.165, 1.54) is 19.3 Å². The highest BCUT2D eigenvalue weighted by Gasteiger charge is 2.67. The highest BCUT2D eigenvalue weighted by Crippen LogP contribution is 2.65. The van der Waals surface area contributed by atoms with Gasteiger partial charge in [-0.25, -0.2) is 0 Å². The molecule has 3 atom stereocenters. The van der Waals surface area contributed by atoms with E-state index in [1.54, 1.807) is 7.11 Å². The lowest BCUT2D eigenvalue weighted by molar-refractivity contribution is -0.149. The summed E-state index contributed by atoms with van der Waals surface area (Å²) < 4.78 is 11.8. The lowest BCUT2D eigenvalue weighted by atomic mass is 9.47. The largest absolute Gasteiger partial charge is 0.493 e. The lowest BCUT2D eigenvalue weighted by Crippen LogP contribution is -2.52. The first-order valence-electron chi connectivity index (χ1n) is 15.7. The van der Waals surface area contributed by atoms with Gasteiger partial charge in [-0.3, -0.25) is 4.79 Å². The summed E-state index contributed by atoms with van der Waals surface area (Å²) in [4.78, 5) is 17.2. The molecule has 5 fully saturated rings. The van der Waals surface area contributed by atoms with Gasteiger partial charge in [0.2, 0.25) is 5.54 Å². The van der Waals surface area contributed by atoms with E-state index in [4.69, 9.17) is 9.47 Å². The number of fused-ring (bicyclic) bond motifs is 3. The minimum absolute atomic E-state index is 0.265. The average molecular weight is 562 g/mol. The summed E-state index contributed by atoms with van der Waals surface area (Å²) in [5.41, 5.74) is 0.929. The van der Waals surface area contributed by atoms with Crippen molar-refractivity contribution in [2.45, 2.75) is 75.8 Å². The standard InChI is InChI=1S/C36H39N3O3/c1-3-4-13-42-29-10-9-27(17-30(29)41-2)32-31(34(40)35-18-23-14-24(19-35)16-25(15-23)20-35)33-28-8-6-5-7-26(28)11-12-39(33)36(32,21-37)22-38/h5-12,17,23-25,31-33H,3-4,13-16,18-20H2,1-2H3/t23?,24?,25?,31-,32-,33-,35?/m1/s1. The van der Waals surface area contributed by atoms with Crippen LogP contribution >= 0.6 is 0 Å². The summed E-state index contributed by atoms with van der Waals surface area (Å²) in [5, 5.41) is 21.8. The molecule has 0 N–H and O–H groups in total. The minimum atomic E-state index is -1.55. The first-order valence-corrected chi connectivity index (χ1v) is 15.7. The van der Waals surface area contributed by atoms with Gasteiger partial charge in [-0.05, 0) is 97.6 Å². The van der Waals surface area contributed by atoms with Crippen LogP contribution in [0.3, 0.4) is 0 Å². The van der Waals surface area contributed by atoms with E-state index in [1.807, 2.05) is 47.5 Å². The Labute approximate surface area is 248 Å². The van der Waals surface area contributed by atoms with Crippen LogP contribution in [0.15, 0.2) is 48.7 Å². The molecule has 8 rings (SSSR count). The first kappa shape index (κ1) is 27.1. The summed E-state index contributed by atoms with van der Waals surface area (Å²) in [7, 11) is 1.61. The quantitative estimate of drug-likeness (QED) is 0.317. The molecular formula is C36H39N3O3. The Morgan fingerprint density at radius 3 is 2.33 bits per heavy atom. The maximum Gasteiger partial charge on any atom is 0.222 e. The van der Waals surface area contributed by atoms with Crippen LogP contribution in [0.25, 0.3) is 6.08 Å².